The van der Waals surface area contributed by atoms with Gasteiger partial charge in [-0.05, 0) is 18.2 Å². The minimum atomic E-state index is -5.40. The molecule has 0 aliphatic rings. The fraction of sp³-hybridized carbons (Fsp3) is 0. The number of benzene rings is 2. The van der Waals surface area contributed by atoms with Crippen LogP contribution in [0.15, 0.2) is 40.1 Å². The zero-order chi connectivity index (χ0) is 21.4. The molecule has 0 heterocycles. The van der Waals surface area contributed by atoms with E-state index in [2.05, 4.69) is 0 Å². The second kappa shape index (κ2) is 7.00. The third-order valence-corrected chi connectivity index (χ3v) is 5.18. The summed E-state index contributed by atoms with van der Waals surface area (Å²) in [6.45, 7) is 0. The zero-order valence-electron chi connectivity index (χ0n) is 13.3. The lowest BCUT2D eigenvalue weighted by Crippen LogP contribution is -2.14. The second-order valence-corrected chi connectivity index (χ2v) is 7.92. The van der Waals surface area contributed by atoms with Gasteiger partial charge in [0.05, 0.1) is 4.92 Å². The van der Waals surface area contributed by atoms with E-state index in [1.54, 1.807) is 0 Å². The molecule has 2 aromatic carbocycles. The summed E-state index contributed by atoms with van der Waals surface area (Å²) in [5.74, 6) is 0. The van der Waals surface area contributed by atoms with Gasteiger partial charge in [-0.25, -0.2) is 10.1 Å². The third kappa shape index (κ3) is 4.14. The highest BCUT2D eigenvalue weighted by atomic mass is 32.2. The normalized spacial score (nSPS) is 11.8. The maximum Gasteiger partial charge on any atom is 0.319 e. The maximum absolute atomic E-state index is 11.8. The van der Waals surface area contributed by atoms with Crippen molar-refractivity contribution in [2.24, 2.45) is 0 Å². The van der Waals surface area contributed by atoms with Crippen molar-refractivity contribution < 1.29 is 35.9 Å². The number of anilines is 2. The van der Waals surface area contributed by atoms with Crippen LogP contribution >= 0.6 is 0 Å². The minimum Gasteiger partial charge on any atom is -0.399 e. The first-order valence-electron chi connectivity index (χ1n) is 6.80. The number of hydrazine groups is 1. The van der Waals surface area contributed by atoms with Crippen molar-refractivity contribution in [3.63, 3.8) is 0 Å². The minimum absolute atomic E-state index is 0.147. The Labute approximate surface area is 156 Å². The summed E-state index contributed by atoms with van der Waals surface area (Å²) in [5, 5.41) is 20.8. The van der Waals surface area contributed by atoms with Crippen LogP contribution in [0.3, 0.4) is 0 Å². The van der Waals surface area contributed by atoms with E-state index >= 15 is 0 Å². The molecule has 150 valence electrons. The van der Waals surface area contributed by atoms with E-state index in [9.17, 15) is 46.2 Å². The van der Waals surface area contributed by atoms with Crippen LogP contribution in [0, 0.1) is 20.2 Å². The van der Waals surface area contributed by atoms with Crippen LogP contribution in [0.5, 0.6) is 0 Å². The van der Waals surface area contributed by atoms with E-state index in [1.165, 1.54) is 5.43 Å². The summed E-state index contributed by atoms with van der Waals surface area (Å²) in [5.41, 5.74) is 3.15. The largest absolute Gasteiger partial charge is 0.399 e. The zero-order valence-corrected chi connectivity index (χ0v) is 15.0. The number of hydrogen-bond acceptors (Lipinski definition) is 9. The van der Waals surface area contributed by atoms with Gasteiger partial charge >= 0.3 is 15.8 Å². The highest BCUT2D eigenvalue weighted by molar-refractivity contribution is 7.86. The van der Waals surface area contributed by atoms with Crippen molar-refractivity contribution in [1.29, 1.82) is 0 Å². The summed E-state index contributed by atoms with van der Waals surface area (Å²) in [4.78, 5) is 18.4. The molecule has 0 spiro atoms. The molecule has 0 saturated heterocycles. The van der Waals surface area contributed by atoms with Gasteiger partial charge in [0.1, 0.15) is 4.90 Å². The molecule has 0 bridgehead atoms. The van der Waals surface area contributed by atoms with E-state index in [0.717, 1.165) is 30.3 Å². The first-order chi connectivity index (χ1) is 12.7. The lowest BCUT2D eigenvalue weighted by molar-refractivity contribution is -0.447. The molecule has 0 aliphatic carbocycles. The molecule has 5 N–H and O–H groups in total. The highest BCUT2D eigenvalue weighted by Crippen LogP contribution is 2.41. The molecule has 14 nitrogen and oxygen atoms in total. The van der Waals surface area contributed by atoms with Gasteiger partial charge in [-0.3, -0.25) is 19.2 Å². The van der Waals surface area contributed by atoms with Gasteiger partial charge in [0.2, 0.25) is 0 Å². The number of nitrogens with one attached hydrogen (secondary N) is 1. The van der Waals surface area contributed by atoms with Gasteiger partial charge < -0.3 is 5.73 Å². The standard InChI is InChI=1S/C12H10N4O10S2/c13-6-1-2-7(10(5-6)27(21,22)23)8-3-4-9(14-16(19)20)11(15(17)18)12(8)28(24,25)26/h1-5,14H,13H2,(H,21,22,23)(H,24,25,26). The quantitative estimate of drug-likeness (QED) is 0.215. The smallest absolute Gasteiger partial charge is 0.319 e. The summed E-state index contributed by atoms with van der Waals surface area (Å²) < 4.78 is 65.8. The molecule has 2 rings (SSSR count). The molecule has 0 aromatic heterocycles. The molecule has 0 radical (unpaired) electrons. The van der Waals surface area contributed by atoms with Crippen molar-refractivity contribution in [1.82, 2.24) is 0 Å². The fourth-order valence-electron chi connectivity index (χ4n) is 2.39. The predicted molar refractivity (Wildman–Crippen MR) is 93.2 cm³/mol. The SMILES string of the molecule is Nc1ccc(-c2ccc(N[N+](=O)[O-])c([N+](=O)[O-])c2S(=O)(=O)O)c(S(=O)(=O)O)c1. The Kier molecular flexibility index (Phi) is 5.24. The monoisotopic (exact) mass is 434 g/mol. The summed E-state index contributed by atoms with van der Waals surface area (Å²) >= 11 is 0. The van der Waals surface area contributed by atoms with Crippen molar-refractivity contribution in [3.8, 4) is 11.1 Å². The lowest BCUT2D eigenvalue weighted by Gasteiger charge is -2.13. The second-order valence-electron chi connectivity index (χ2n) is 5.17. The molecule has 16 heteroatoms. The Balaban J connectivity index is 3.05. The molecular formula is C12H10N4O10S2. The van der Waals surface area contributed by atoms with E-state index in [0.29, 0.717) is 0 Å². The molecule has 0 saturated carbocycles. The average molecular weight is 434 g/mol. The van der Waals surface area contributed by atoms with Crippen molar-refractivity contribution in [3.05, 3.63) is 50.6 Å². The van der Waals surface area contributed by atoms with E-state index in [4.69, 9.17) is 5.73 Å². The van der Waals surface area contributed by atoms with E-state index < -0.39 is 62.5 Å². The molecule has 28 heavy (non-hydrogen) atoms. The highest BCUT2D eigenvalue weighted by Gasteiger charge is 2.35. The van der Waals surface area contributed by atoms with Crippen LogP contribution in [-0.4, -0.2) is 35.9 Å². The summed E-state index contributed by atoms with van der Waals surface area (Å²) in [6.07, 6.45) is 0. The molecular weight excluding hydrogens is 424 g/mol. The first-order valence-corrected chi connectivity index (χ1v) is 9.69. The summed E-state index contributed by atoms with van der Waals surface area (Å²) in [7, 11) is -10.4. The number of nitro benzene ring substituents is 1. The van der Waals surface area contributed by atoms with Gasteiger partial charge in [-0.2, -0.15) is 16.8 Å². The van der Waals surface area contributed by atoms with Crippen LogP contribution in [0.1, 0.15) is 0 Å². The van der Waals surface area contributed by atoms with Crippen LogP contribution in [0.4, 0.5) is 17.1 Å². The van der Waals surface area contributed by atoms with Gasteiger partial charge in [-0.1, -0.05) is 12.1 Å². The Morgan fingerprint density at radius 3 is 1.96 bits per heavy atom. The Hall–Kier alpha value is -3.34. The van der Waals surface area contributed by atoms with E-state index in [-0.39, 0.29) is 5.69 Å². The Morgan fingerprint density at radius 2 is 1.50 bits per heavy atom. The molecule has 0 fully saturated rings. The first kappa shape index (κ1) is 21.0. The number of nitrogen functional groups attached to an aromatic ring is 1. The average Bonchev–Trinajstić information content (AvgIpc) is 2.52. The van der Waals surface area contributed by atoms with Crippen molar-refractivity contribution >= 4 is 37.3 Å². The molecule has 0 aliphatic heterocycles. The summed E-state index contributed by atoms with van der Waals surface area (Å²) in [6, 6.07) is 4.31. The van der Waals surface area contributed by atoms with Crippen molar-refractivity contribution in [2.75, 3.05) is 11.2 Å². The lowest BCUT2D eigenvalue weighted by atomic mass is 10.0. The Bertz CT molecular complexity index is 1210. The molecule has 2 aromatic rings. The van der Waals surface area contributed by atoms with Crippen LogP contribution in [0.2, 0.25) is 0 Å². The number of nitrogens with two attached hydrogens (primary N) is 1. The van der Waals surface area contributed by atoms with Gasteiger partial charge in [-0.15, -0.1) is 5.43 Å². The van der Waals surface area contributed by atoms with Crippen molar-refractivity contribution in [2.45, 2.75) is 9.79 Å². The number of hydrogen-bond donors (Lipinski definition) is 4. The number of rotatable bonds is 6. The number of nitrogens with zero attached hydrogens (tertiary/aromatic N) is 2. The van der Waals surface area contributed by atoms with E-state index in [1.807, 2.05) is 0 Å². The fourth-order valence-corrected chi connectivity index (χ4v) is 4.01. The maximum atomic E-state index is 11.8. The van der Waals surface area contributed by atoms with Gasteiger partial charge in [0.25, 0.3) is 10.1 Å². The molecule has 0 atom stereocenters. The predicted octanol–water partition coefficient (Wildman–Crippen LogP) is 0.941. The van der Waals surface area contributed by atoms with Crippen LogP contribution in [-0.2, 0) is 20.2 Å². The number of nitro groups is 2. The van der Waals surface area contributed by atoms with Crippen LogP contribution < -0.4 is 11.2 Å². The van der Waals surface area contributed by atoms with Gasteiger partial charge in [0, 0.05) is 16.8 Å². The van der Waals surface area contributed by atoms with Crippen LogP contribution in [0.25, 0.3) is 11.1 Å². The molecule has 0 amide bonds. The topological polar surface area (TPSA) is 233 Å². The molecule has 0 unspecified atom stereocenters. The Morgan fingerprint density at radius 1 is 0.929 bits per heavy atom. The third-order valence-electron chi connectivity index (χ3n) is 3.36. The van der Waals surface area contributed by atoms with Gasteiger partial charge in [0.15, 0.2) is 15.6 Å².